The molecule has 24 heavy (non-hydrogen) atoms. The monoisotopic (exact) mass is 348 g/mol. The molecule has 0 radical (unpaired) electrons. The number of hydrogen-bond donors (Lipinski definition) is 3. The summed E-state index contributed by atoms with van der Waals surface area (Å²) >= 11 is 0. The van der Waals surface area contributed by atoms with Gasteiger partial charge in [-0.3, -0.25) is 0 Å². The summed E-state index contributed by atoms with van der Waals surface area (Å²) in [5.74, 6) is -0.663. The van der Waals surface area contributed by atoms with Crippen molar-refractivity contribution in [3.63, 3.8) is 0 Å². The van der Waals surface area contributed by atoms with Gasteiger partial charge in [-0.05, 0) is 0 Å². The summed E-state index contributed by atoms with van der Waals surface area (Å²) < 4.78 is 5.33. The van der Waals surface area contributed by atoms with Crippen LogP contribution in [-0.2, 0) is 9.53 Å². The van der Waals surface area contributed by atoms with Crippen LogP contribution in [0.1, 0.15) is 18.6 Å². The molecule has 0 spiro atoms. The van der Waals surface area contributed by atoms with Crippen LogP contribution >= 0.6 is 7.28 Å². The third-order valence-corrected chi connectivity index (χ3v) is 5.92. The van der Waals surface area contributed by atoms with Gasteiger partial charge in [-0.2, -0.15) is 0 Å². The van der Waals surface area contributed by atoms with Crippen molar-refractivity contribution in [1.29, 1.82) is 0 Å². The van der Waals surface area contributed by atoms with Crippen molar-refractivity contribution in [3.05, 3.63) is 78.4 Å². The van der Waals surface area contributed by atoms with Gasteiger partial charge in [0.2, 0.25) is 0 Å². The van der Waals surface area contributed by atoms with E-state index in [4.69, 9.17) is 4.74 Å². The van der Waals surface area contributed by atoms with E-state index < -0.39 is 25.5 Å². The van der Waals surface area contributed by atoms with E-state index in [1.807, 2.05) is 0 Å². The van der Waals surface area contributed by atoms with Crippen LogP contribution in [0.4, 0.5) is 0 Å². The molecule has 0 aliphatic heterocycles. The van der Waals surface area contributed by atoms with Crippen molar-refractivity contribution in [2.45, 2.75) is 13.0 Å². The van der Waals surface area contributed by atoms with Crippen LogP contribution in [0.25, 0.3) is 0 Å². The van der Waals surface area contributed by atoms with Crippen molar-refractivity contribution < 1.29 is 24.2 Å². The Balaban J connectivity index is 2.37. The third kappa shape index (κ3) is 4.49. The Labute approximate surface area is 141 Å². The van der Waals surface area contributed by atoms with Gasteiger partial charge in [-0.1, -0.05) is 0 Å². The van der Waals surface area contributed by atoms with Gasteiger partial charge in [-0.25, -0.2) is 0 Å². The number of hydrogen-bond acceptors (Lipinski definition) is 5. The summed E-state index contributed by atoms with van der Waals surface area (Å²) in [6.45, 7) is 5.02. The van der Waals surface area contributed by atoms with E-state index in [2.05, 4.69) is 6.58 Å². The SMILES string of the molecule is C=C(C)C(=O)OC(CP(O)(O)(O)c1ccccc1)c1ccccc1. The number of ether oxygens (including phenoxy) is 1. The molecule has 5 nitrogen and oxygen atoms in total. The molecule has 0 bridgehead atoms. The van der Waals surface area contributed by atoms with Crippen LogP contribution in [0.5, 0.6) is 0 Å². The Morgan fingerprint density at radius 3 is 2.04 bits per heavy atom. The fraction of sp³-hybridized carbons (Fsp3) is 0.167. The Hall–Kier alpha value is -2.04. The minimum absolute atomic E-state index is 0.0100. The maximum atomic E-state index is 11.9. The third-order valence-electron chi connectivity index (χ3n) is 3.56. The second-order valence-electron chi connectivity index (χ2n) is 5.75. The molecule has 0 aliphatic carbocycles. The van der Waals surface area contributed by atoms with Gasteiger partial charge < -0.3 is 0 Å². The van der Waals surface area contributed by atoms with Crippen LogP contribution in [0.15, 0.2) is 72.8 Å². The molecule has 128 valence electrons. The molecule has 1 atom stereocenters. The quantitative estimate of drug-likeness (QED) is 0.424. The Morgan fingerprint density at radius 2 is 1.54 bits per heavy atom. The summed E-state index contributed by atoms with van der Waals surface area (Å²) in [5, 5.41) is 0.0100. The average Bonchev–Trinajstić information content (AvgIpc) is 2.55. The molecule has 0 amide bonds. The zero-order valence-corrected chi connectivity index (χ0v) is 14.3. The zero-order valence-electron chi connectivity index (χ0n) is 13.4. The molecular formula is C18H21O5P. The second-order valence-corrected chi connectivity index (χ2v) is 8.94. The van der Waals surface area contributed by atoms with Crippen LogP contribution in [0, 0.1) is 0 Å². The number of esters is 1. The molecule has 2 rings (SSSR count). The molecule has 6 heteroatoms. The second kappa shape index (κ2) is 6.83. The van der Waals surface area contributed by atoms with Gasteiger partial charge in [0.1, 0.15) is 0 Å². The normalized spacial score (nSPS) is 14.2. The van der Waals surface area contributed by atoms with Crippen molar-refractivity contribution in [2.75, 3.05) is 6.16 Å². The van der Waals surface area contributed by atoms with Crippen LogP contribution in [-0.4, -0.2) is 26.8 Å². The molecule has 2 aromatic rings. The molecule has 0 aliphatic rings. The minimum atomic E-state index is -5.22. The van der Waals surface area contributed by atoms with Gasteiger partial charge in [0.25, 0.3) is 0 Å². The molecule has 0 fully saturated rings. The van der Waals surface area contributed by atoms with E-state index in [1.165, 1.54) is 19.1 Å². The van der Waals surface area contributed by atoms with Crippen molar-refractivity contribution in [3.8, 4) is 0 Å². The van der Waals surface area contributed by atoms with Gasteiger partial charge in [-0.15, -0.1) is 0 Å². The van der Waals surface area contributed by atoms with Gasteiger partial charge in [0.05, 0.1) is 0 Å². The fourth-order valence-corrected chi connectivity index (χ4v) is 4.14. The van der Waals surface area contributed by atoms with E-state index in [0.717, 1.165) is 0 Å². The predicted octanol–water partition coefficient (Wildman–Crippen LogP) is 2.45. The maximum absolute atomic E-state index is 11.9. The molecule has 2 aromatic carbocycles. The van der Waals surface area contributed by atoms with E-state index in [1.54, 1.807) is 48.5 Å². The van der Waals surface area contributed by atoms with Gasteiger partial charge in [0, 0.05) is 0 Å². The molecule has 0 heterocycles. The predicted molar refractivity (Wildman–Crippen MR) is 94.6 cm³/mol. The molecule has 0 saturated carbocycles. The van der Waals surface area contributed by atoms with Crippen molar-refractivity contribution in [2.24, 2.45) is 0 Å². The standard InChI is InChI=1S/C18H21O5P/c1-14(2)18(19)23-17(15-9-5-3-6-10-15)13-24(20,21,22)16-11-7-4-8-12-16/h3-12,17,20-22H,1,13H2,2H3. The van der Waals surface area contributed by atoms with Crippen LogP contribution in [0.2, 0.25) is 0 Å². The summed E-state index contributed by atoms with van der Waals surface area (Å²) in [6.07, 6.45) is -1.55. The van der Waals surface area contributed by atoms with E-state index in [9.17, 15) is 19.5 Å². The van der Waals surface area contributed by atoms with E-state index >= 15 is 0 Å². The molecular weight excluding hydrogens is 327 g/mol. The van der Waals surface area contributed by atoms with Crippen molar-refractivity contribution in [1.82, 2.24) is 0 Å². The first kappa shape index (κ1) is 18.3. The van der Waals surface area contributed by atoms with Crippen LogP contribution in [0.3, 0.4) is 0 Å². The first-order valence-electron chi connectivity index (χ1n) is 7.41. The molecule has 3 N–H and O–H groups in total. The molecule has 0 saturated heterocycles. The first-order chi connectivity index (χ1) is 11.2. The Bertz CT molecular complexity index is 719. The summed E-state index contributed by atoms with van der Waals surface area (Å²) in [5.41, 5.74) is 0.735. The Kier molecular flexibility index (Phi) is 5.21. The van der Waals surface area contributed by atoms with Crippen LogP contribution < -0.4 is 5.30 Å². The van der Waals surface area contributed by atoms with Gasteiger partial charge in [0.15, 0.2) is 0 Å². The van der Waals surface area contributed by atoms with E-state index in [0.29, 0.717) is 5.56 Å². The molecule has 0 aromatic heterocycles. The first-order valence-corrected chi connectivity index (χ1v) is 9.69. The van der Waals surface area contributed by atoms with Crippen molar-refractivity contribution >= 4 is 18.6 Å². The summed E-state index contributed by atoms with van der Waals surface area (Å²) in [6, 6.07) is 16.4. The zero-order chi connectivity index (χ0) is 17.8. The Morgan fingerprint density at radius 1 is 1.04 bits per heavy atom. The summed E-state index contributed by atoms with van der Waals surface area (Å²) in [4.78, 5) is 43.6. The van der Waals surface area contributed by atoms with Gasteiger partial charge >= 0.3 is 140 Å². The van der Waals surface area contributed by atoms with E-state index in [-0.39, 0.29) is 10.9 Å². The fourth-order valence-electron chi connectivity index (χ4n) is 2.25. The average molecular weight is 348 g/mol. The number of carbonyl (C=O) groups excluding carboxylic acids is 1. The molecule has 1 unspecified atom stereocenters. The summed E-state index contributed by atoms with van der Waals surface area (Å²) in [7, 11) is -5.22. The number of carbonyl (C=O) groups is 1. The number of rotatable bonds is 6. The number of benzene rings is 2. The topological polar surface area (TPSA) is 87.0 Å².